The van der Waals surface area contributed by atoms with Crippen molar-refractivity contribution in [2.24, 2.45) is 0 Å². The lowest BCUT2D eigenvalue weighted by molar-refractivity contribution is -0.137. The van der Waals surface area contributed by atoms with Crippen LogP contribution >= 0.6 is 11.6 Å². The number of carbonyl (C=O) groups excluding carboxylic acids is 1. The van der Waals surface area contributed by atoms with Gasteiger partial charge in [0.25, 0.3) is 5.91 Å². The van der Waals surface area contributed by atoms with Gasteiger partial charge in [0, 0.05) is 31.8 Å². The molecule has 0 aliphatic rings. The highest BCUT2D eigenvalue weighted by molar-refractivity contribution is 7.90. The summed E-state index contributed by atoms with van der Waals surface area (Å²) in [6.45, 7) is 0.266. The number of halogens is 1. The van der Waals surface area contributed by atoms with Gasteiger partial charge in [-0.15, -0.1) is 0 Å². The SMILES string of the molecule is CN(CCCC(=O)O)C(=O)c1ccc(Cl)c(S(C)(=O)=O)c1. The number of hydrogen-bond acceptors (Lipinski definition) is 4. The highest BCUT2D eigenvalue weighted by atomic mass is 35.5. The molecule has 0 heterocycles. The van der Waals surface area contributed by atoms with Crippen LogP contribution in [0, 0.1) is 0 Å². The molecule has 0 unspecified atom stereocenters. The van der Waals surface area contributed by atoms with Gasteiger partial charge in [-0.05, 0) is 24.6 Å². The van der Waals surface area contributed by atoms with Crippen molar-refractivity contribution in [2.45, 2.75) is 17.7 Å². The Kier molecular flexibility index (Phi) is 5.74. The largest absolute Gasteiger partial charge is 0.481 e. The minimum atomic E-state index is -3.52. The molecular formula is C13H16ClNO5S. The molecule has 0 radical (unpaired) electrons. The smallest absolute Gasteiger partial charge is 0.303 e. The number of rotatable bonds is 6. The molecule has 1 aromatic carbocycles. The Labute approximate surface area is 128 Å². The van der Waals surface area contributed by atoms with Crippen molar-refractivity contribution in [3.63, 3.8) is 0 Å². The standard InChI is InChI=1S/C13H16ClNO5S/c1-15(7-3-4-12(16)17)13(18)9-5-6-10(14)11(8-9)21(2,19)20/h5-6,8H,3-4,7H2,1-2H3,(H,16,17). The van der Waals surface area contributed by atoms with Gasteiger partial charge in [0.15, 0.2) is 9.84 Å². The molecule has 0 aliphatic heterocycles. The van der Waals surface area contributed by atoms with Crippen molar-refractivity contribution in [1.82, 2.24) is 4.90 Å². The maximum atomic E-state index is 12.2. The Morgan fingerprint density at radius 1 is 1.33 bits per heavy atom. The van der Waals surface area contributed by atoms with Gasteiger partial charge in [0.05, 0.1) is 9.92 Å². The third-order valence-electron chi connectivity index (χ3n) is 2.81. The number of benzene rings is 1. The van der Waals surface area contributed by atoms with Gasteiger partial charge >= 0.3 is 5.97 Å². The highest BCUT2D eigenvalue weighted by Crippen LogP contribution is 2.23. The molecule has 21 heavy (non-hydrogen) atoms. The van der Waals surface area contributed by atoms with Crippen molar-refractivity contribution in [1.29, 1.82) is 0 Å². The van der Waals surface area contributed by atoms with Crippen LogP contribution in [0.3, 0.4) is 0 Å². The second kappa shape index (κ2) is 6.91. The lowest BCUT2D eigenvalue weighted by atomic mass is 10.2. The topological polar surface area (TPSA) is 91.8 Å². The number of aliphatic carboxylic acids is 1. The summed E-state index contributed by atoms with van der Waals surface area (Å²) in [6, 6.07) is 4.02. The Morgan fingerprint density at radius 3 is 2.48 bits per heavy atom. The molecule has 1 aromatic rings. The maximum absolute atomic E-state index is 12.2. The predicted octanol–water partition coefficient (Wildman–Crippen LogP) is 1.68. The van der Waals surface area contributed by atoms with Crippen LogP contribution in [-0.4, -0.2) is 50.1 Å². The van der Waals surface area contributed by atoms with Crippen molar-refractivity contribution < 1.29 is 23.1 Å². The highest BCUT2D eigenvalue weighted by Gasteiger charge is 2.18. The Bertz CT molecular complexity index is 657. The predicted molar refractivity (Wildman–Crippen MR) is 78.4 cm³/mol. The van der Waals surface area contributed by atoms with Crippen molar-refractivity contribution in [3.05, 3.63) is 28.8 Å². The molecule has 1 N–H and O–H groups in total. The molecule has 1 rings (SSSR count). The lowest BCUT2D eigenvalue weighted by Gasteiger charge is -2.17. The molecule has 0 spiro atoms. The third-order valence-corrected chi connectivity index (χ3v) is 4.39. The van der Waals surface area contributed by atoms with E-state index in [0.717, 1.165) is 6.26 Å². The van der Waals surface area contributed by atoms with E-state index >= 15 is 0 Å². The second-order valence-corrected chi connectivity index (χ2v) is 7.03. The Hall–Kier alpha value is -1.60. The van der Waals surface area contributed by atoms with Gasteiger partial charge in [0.2, 0.25) is 0 Å². The summed E-state index contributed by atoms with van der Waals surface area (Å²) in [5.74, 6) is -1.32. The molecule has 0 bridgehead atoms. The van der Waals surface area contributed by atoms with Crippen LogP contribution in [0.2, 0.25) is 5.02 Å². The molecule has 116 valence electrons. The minimum absolute atomic E-state index is 0.0349. The number of carbonyl (C=O) groups is 2. The van der Waals surface area contributed by atoms with Gasteiger partial charge in [0.1, 0.15) is 0 Å². The average Bonchev–Trinajstić information content (AvgIpc) is 2.36. The summed E-state index contributed by atoms with van der Waals surface area (Å²) in [7, 11) is -2.00. The fraction of sp³-hybridized carbons (Fsp3) is 0.385. The van der Waals surface area contributed by atoms with E-state index in [2.05, 4.69) is 0 Å². The molecule has 0 saturated carbocycles. The Balaban J connectivity index is 2.90. The summed E-state index contributed by atoms with van der Waals surface area (Å²) >= 11 is 5.81. The van der Waals surface area contributed by atoms with E-state index in [-0.39, 0.29) is 34.4 Å². The van der Waals surface area contributed by atoms with Crippen LogP contribution in [-0.2, 0) is 14.6 Å². The maximum Gasteiger partial charge on any atom is 0.303 e. The summed E-state index contributed by atoms with van der Waals surface area (Å²) < 4.78 is 23.1. The van der Waals surface area contributed by atoms with Crippen LogP contribution in [0.15, 0.2) is 23.1 Å². The van der Waals surface area contributed by atoms with Gasteiger partial charge in [-0.2, -0.15) is 0 Å². The molecule has 0 fully saturated rings. The van der Waals surface area contributed by atoms with Crippen LogP contribution in [0.4, 0.5) is 0 Å². The zero-order chi connectivity index (χ0) is 16.2. The zero-order valence-corrected chi connectivity index (χ0v) is 13.2. The number of carboxylic acid groups (broad SMARTS) is 1. The first kappa shape index (κ1) is 17.5. The summed E-state index contributed by atoms with van der Waals surface area (Å²) in [5, 5.41) is 8.61. The molecule has 0 saturated heterocycles. The van der Waals surface area contributed by atoms with Gasteiger partial charge < -0.3 is 10.0 Å². The van der Waals surface area contributed by atoms with E-state index in [0.29, 0.717) is 6.42 Å². The second-order valence-electron chi connectivity index (χ2n) is 4.64. The summed E-state index contributed by atoms with van der Waals surface area (Å²) in [6.07, 6.45) is 1.30. The van der Waals surface area contributed by atoms with Gasteiger partial charge in [-0.25, -0.2) is 8.42 Å². The van der Waals surface area contributed by atoms with Crippen LogP contribution in [0.25, 0.3) is 0 Å². The zero-order valence-electron chi connectivity index (χ0n) is 11.7. The minimum Gasteiger partial charge on any atom is -0.481 e. The normalized spacial score (nSPS) is 11.2. The van der Waals surface area contributed by atoms with Crippen LogP contribution in [0.1, 0.15) is 23.2 Å². The number of nitrogens with zero attached hydrogens (tertiary/aromatic N) is 1. The van der Waals surface area contributed by atoms with Crippen molar-refractivity contribution in [3.8, 4) is 0 Å². The molecular weight excluding hydrogens is 318 g/mol. The number of carboxylic acids is 1. The third kappa shape index (κ3) is 5.02. The molecule has 1 amide bonds. The van der Waals surface area contributed by atoms with E-state index in [1.807, 2.05) is 0 Å². The van der Waals surface area contributed by atoms with E-state index in [4.69, 9.17) is 16.7 Å². The first-order valence-electron chi connectivity index (χ1n) is 6.10. The fourth-order valence-electron chi connectivity index (χ4n) is 1.71. The fourth-order valence-corrected chi connectivity index (χ4v) is 3.01. The van der Waals surface area contributed by atoms with E-state index in [9.17, 15) is 18.0 Å². The lowest BCUT2D eigenvalue weighted by Crippen LogP contribution is -2.28. The van der Waals surface area contributed by atoms with E-state index in [1.165, 1.54) is 30.1 Å². The van der Waals surface area contributed by atoms with E-state index in [1.54, 1.807) is 0 Å². The summed E-state index contributed by atoms with van der Waals surface area (Å²) in [4.78, 5) is 23.8. The first-order chi connectivity index (χ1) is 9.62. The van der Waals surface area contributed by atoms with E-state index < -0.39 is 15.8 Å². The Morgan fingerprint density at radius 2 is 1.95 bits per heavy atom. The number of hydrogen-bond donors (Lipinski definition) is 1. The number of sulfone groups is 1. The average molecular weight is 334 g/mol. The van der Waals surface area contributed by atoms with Crippen molar-refractivity contribution >= 4 is 33.3 Å². The quantitative estimate of drug-likeness (QED) is 0.855. The molecule has 0 aliphatic carbocycles. The number of amides is 1. The van der Waals surface area contributed by atoms with Crippen LogP contribution < -0.4 is 0 Å². The molecule has 0 atom stereocenters. The first-order valence-corrected chi connectivity index (χ1v) is 8.36. The molecule has 6 nitrogen and oxygen atoms in total. The molecule has 0 aromatic heterocycles. The summed E-state index contributed by atoms with van der Waals surface area (Å²) in [5.41, 5.74) is 0.192. The van der Waals surface area contributed by atoms with Gasteiger partial charge in [-0.3, -0.25) is 9.59 Å². The van der Waals surface area contributed by atoms with Crippen LogP contribution in [0.5, 0.6) is 0 Å². The van der Waals surface area contributed by atoms with Gasteiger partial charge in [-0.1, -0.05) is 11.6 Å². The monoisotopic (exact) mass is 333 g/mol. The molecule has 8 heteroatoms. The van der Waals surface area contributed by atoms with Crippen molar-refractivity contribution in [2.75, 3.05) is 19.8 Å².